The molecule has 0 unspecified atom stereocenters. The summed E-state index contributed by atoms with van der Waals surface area (Å²) in [6.07, 6.45) is 5.39. The number of hydrogen-bond acceptors (Lipinski definition) is 2. The van der Waals surface area contributed by atoms with Crippen LogP contribution < -0.4 is 5.32 Å². The van der Waals surface area contributed by atoms with Crippen molar-refractivity contribution in [2.24, 2.45) is 4.99 Å². The van der Waals surface area contributed by atoms with E-state index in [9.17, 15) is 0 Å². The summed E-state index contributed by atoms with van der Waals surface area (Å²) in [6.45, 7) is 6.59. The summed E-state index contributed by atoms with van der Waals surface area (Å²) < 4.78 is 0. The average Bonchev–Trinajstić information content (AvgIpc) is 1.98. The fourth-order valence-corrected chi connectivity index (χ4v) is 0.558. The summed E-state index contributed by atoms with van der Waals surface area (Å²) in [7, 11) is 1.74. The van der Waals surface area contributed by atoms with Crippen LogP contribution in [0.1, 0.15) is 6.92 Å². The SMILES string of the molecule is C=C/C(=C\C=NC)NCC. The van der Waals surface area contributed by atoms with Gasteiger partial charge in [0.1, 0.15) is 0 Å². The lowest BCUT2D eigenvalue weighted by molar-refractivity contribution is 0.881. The van der Waals surface area contributed by atoms with Crippen molar-refractivity contribution in [2.75, 3.05) is 13.6 Å². The van der Waals surface area contributed by atoms with Gasteiger partial charge in [-0.1, -0.05) is 6.58 Å². The molecular weight excluding hydrogens is 124 g/mol. The molecule has 0 fully saturated rings. The first-order valence-electron chi connectivity index (χ1n) is 3.34. The van der Waals surface area contributed by atoms with E-state index < -0.39 is 0 Å². The Hall–Kier alpha value is -1.05. The fraction of sp³-hybridized carbons (Fsp3) is 0.375. The van der Waals surface area contributed by atoms with Gasteiger partial charge >= 0.3 is 0 Å². The molecular formula is C8H14N2. The van der Waals surface area contributed by atoms with Crippen molar-refractivity contribution in [3.8, 4) is 0 Å². The van der Waals surface area contributed by atoms with Gasteiger partial charge in [0.2, 0.25) is 0 Å². The molecule has 0 spiro atoms. The summed E-state index contributed by atoms with van der Waals surface area (Å²) in [6, 6.07) is 0. The average molecular weight is 138 g/mol. The summed E-state index contributed by atoms with van der Waals surface area (Å²) in [4.78, 5) is 3.82. The standard InChI is InChI=1S/C8H14N2/c1-4-8(10-5-2)6-7-9-3/h4,6-7,10H,1,5H2,2-3H3/b8-6+,9-7?. The van der Waals surface area contributed by atoms with Crippen LogP contribution in [0.3, 0.4) is 0 Å². The Bertz CT molecular complexity index is 145. The predicted molar refractivity (Wildman–Crippen MR) is 46.4 cm³/mol. The second-order valence-corrected chi connectivity index (χ2v) is 1.76. The van der Waals surface area contributed by atoms with Gasteiger partial charge in [-0.3, -0.25) is 4.99 Å². The molecule has 2 heteroatoms. The molecule has 0 radical (unpaired) electrons. The van der Waals surface area contributed by atoms with Crippen LogP contribution in [0.25, 0.3) is 0 Å². The Balaban J connectivity index is 3.90. The Morgan fingerprint density at radius 2 is 2.40 bits per heavy atom. The molecule has 56 valence electrons. The molecule has 0 bridgehead atoms. The Morgan fingerprint density at radius 1 is 1.70 bits per heavy atom. The van der Waals surface area contributed by atoms with Crippen LogP contribution in [0.2, 0.25) is 0 Å². The number of nitrogens with one attached hydrogen (secondary N) is 1. The molecule has 2 nitrogen and oxygen atoms in total. The molecule has 0 heterocycles. The molecule has 0 aromatic rings. The zero-order valence-electron chi connectivity index (χ0n) is 6.59. The summed E-state index contributed by atoms with van der Waals surface area (Å²) >= 11 is 0. The molecule has 0 atom stereocenters. The van der Waals surface area contributed by atoms with Gasteiger partial charge in [-0.15, -0.1) is 0 Å². The molecule has 0 saturated heterocycles. The van der Waals surface area contributed by atoms with Crippen molar-refractivity contribution in [3.05, 3.63) is 24.4 Å². The lowest BCUT2D eigenvalue weighted by atomic mass is 10.4. The molecule has 0 rings (SSSR count). The van der Waals surface area contributed by atoms with Crippen LogP contribution in [-0.2, 0) is 0 Å². The minimum absolute atomic E-state index is 0.912. The number of allylic oxidation sites excluding steroid dienone is 2. The molecule has 0 aromatic heterocycles. The van der Waals surface area contributed by atoms with Gasteiger partial charge in [0.15, 0.2) is 0 Å². The van der Waals surface area contributed by atoms with Gasteiger partial charge in [-0.2, -0.15) is 0 Å². The first kappa shape index (κ1) is 8.95. The first-order chi connectivity index (χ1) is 4.85. The summed E-state index contributed by atoms with van der Waals surface area (Å²) in [5.41, 5.74) is 1.01. The van der Waals surface area contributed by atoms with E-state index in [1.54, 1.807) is 19.3 Å². The third-order valence-electron chi connectivity index (χ3n) is 1.00. The highest BCUT2D eigenvalue weighted by Gasteiger charge is 1.82. The van der Waals surface area contributed by atoms with Crippen molar-refractivity contribution in [1.82, 2.24) is 5.32 Å². The normalized spacial score (nSPS) is 12.0. The van der Waals surface area contributed by atoms with E-state index in [1.807, 2.05) is 13.0 Å². The monoisotopic (exact) mass is 138 g/mol. The van der Waals surface area contributed by atoms with Crippen LogP contribution in [0.15, 0.2) is 29.4 Å². The molecule has 0 aromatic carbocycles. The van der Waals surface area contributed by atoms with Crippen LogP contribution in [0, 0.1) is 0 Å². The fourth-order valence-electron chi connectivity index (χ4n) is 0.558. The van der Waals surface area contributed by atoms with Gasteiger partial charge in [0.25, 0.3) is 0 Å². The largest absolute Gasteiger partial charge is 0.385 e. The third kappa shape index (κ3) is 3.89. The third-order valence-corrected chi connectivity index (χ3v) is 1.00. The van der Waals surface area contributed by atoms with E-state index in [0.29, 0.717) is 0 Å². The van der Waals surface area contributed by atoms with Crippen molar-refractivity contribution in [3.63, 3.8) is 0 Å². The lowest BCUT2D eigenvalue weighted by Gasteiger charge is -1.99. The van der Waals surface area contributed by atoms with Crippen molar-refractivity contribution in [2.45, 2.75) is 6.92 Å². The van der Waals surface area contributed by atoms with Crippen LogP contribution in [-0.4, -0.2) is 19.8 Å². The van der Waals surface area contributed by atoms with Gasteiger partial charge < -0.3 is 5.32 Å². The maximum atomic E-state index is 3.82. The number of hydrogen-bond donors (Lipinski definition) is 1. The zero-order valence-corrected chi connectivity index (χ0v) is 6.59. The van der Waals surface area contributed by atoms with Crippen molar-refractivity contribution < 1.29 is 0 Å². The van der Waals surface area contributed by atoms with Gasteiger partial charge in [0, 0.05) is 25.5 Å². The Labute approximate surface area is 62.4 Å². The van der Waals surface area contributed by atoms with Gasteiger partial charge in [0.05, 0.1) is 0 Å². The van der Waals surface area contributed by atoms with E-state index in [-0.39, 0.29) is 0 Å². The van der Waals surface area contributed by atoms with E-state index in [0.717, 1.165) is 12.2 Å². The highest BCUT2D eigenvalue weighted by Crippen LogP contribution is 1.86. The highest BCUT2D eigenvalue weighted by molar-refractivity contribution is 5.72. The number of likely N-dealkylation sites (N-methyl/N-ethyl adjacent to an activating group) is 1. The molecule has 0 aliphatic heterocycles. The van der Waals surface area contributed by atoms with Crippen LogP contribution in [0.5, 0.6) is 0 Å². The molecule has 0 aliphatic rings. The predicted octanol–water partition coefficient (Wildman–Crippen LogP) is 1.37. The molecule has 0 amide bonds. The Kier molecular flexibility index (Phi) is 5.44. The molecule has 0 aliphatic carbocycles. The summed E-state index contributed by atoms with van der Waals surface area (Å²) in [5.74, 6) is 0. The quantitative estimate of drug-likeness (QED) is 0.460. The summed E-state index contributed by atoms with van der Waals surface area (Å²) in [5, 5.41) is 3.12. The minimum atomic E-state index is 0.912. The van der Waals surface area contributed by atoms with Gasteiger partial charge in [-0.25, -0.2) is 0 Å². The number of aliphatic imine (C=N–C) groups is 1. The number of nitrogens with zero attached hydrogens (tertiary/aromatic N) is 1. The van der Waals surface area contributed by atoms with E-state index in [4.69, 9.17) is 0 Å². The Morgan fingerprint density at radius 3 is 2.80 bits per heavy atom. The minimum Gasteiger partial charge on any atom is -0.385 e. The maximum Gasteiger partial charge on any atom is 0.0349 e. The second kappa shape index (κ2) is 6.08. The molecule has 1 N–H and O–H groups in total. The van der Waals surface area contributed by atoms with Crippen LogP contribution >= 0.6 is 0 Å². The van der Waals surface area contributed by atoms with Crippen molar-refractivity contribution in [1.29, 1.82) is 0 Å². The van der Waals surface area contributed by atoms with Crippen LogP contribution in [0.4, 0.5) is 0 Å². The van der Waals surface area contributed by atoms with Gasteiger partial charge in [-0.05, 0) is 19.1 Å². The van der Waals surface area contributed by atoms with E-state index in [2.05, 4.69) is 16.9 Å². The highest BCUT2D eigenvalue weighted by atomic mass is 14.9. The smallest absolute Gasteiger partial charge is 0.0349 e. The second-order valence-electron chi connectivity index (χ2n) is 1.76. The first-order valence-corrected chi connectivity index (χ1v) is 3.34. The zero-order chi connectivity index (χ0) is 7.82. The maximum absolute atomic E-state index is 3.82. The molecule has 0 saturated carbocycles. The topological polar surface area (TPSA) is 24.4 Å². The lowest BCUT2D eigenvalue weighted by Crippen LogP contribution is -2.09. The van der Waals surface area contributed by atoms with E-state index >= 15 is 0 Å². The molecule has 10 heavy (non-hydrogen) atoms. The van der Waals surface area contributed by atoms with E-state index in [1.165, 1.54) is 0 Å². The number of rotatable bonds is 4. The van der Waals surface area contributed by atoms with Crippen molar-refractivity contribution >= 4 is 6.21 Å².